The first-order valence-corrected chi connectivity index (χ1v) is 14.3. The third-order valence-corrected chi connectivity index (χ3v) is 9.21. The number of piperidine rings is 1. The van der Waals surface area contributed by atoms with Crippen LogP contribution in [0.2, 0.25) is 5.02 Å². The maximum atomic E-state index is 13.8. The lowest BCUT2D eigenvalue weighted by Crippen LogP contribution is -2.44. The minimum Gasteiger partial charge on any atom is -0.466 e. The van der Waals surface area contributed by atoms with E-state index in [0.717, 1.165) is 6.07 Å². The van der Waals surface area contributed by atoms with Crippen molar-refractivity contribution in [3.63, 3.8) is 0 Å². The van der Waals surface area contributed by atoms with E-state index in [1.165, 1.54) is 34.9 Å². The zero-order chi connectivity index (χ0) is 26.7. The molecule has 1 aromatic carbocycles. The van der Waals surface area contributed by atoms with Crippen molar-refractivity contribution in [3.05, 3.63) is 62.5 Å². The van der Waals surface area contributed by atoms with Crippen LogP contribution < -0.4 is 11.1 Å². The van der Waals surface area contributed by atoms with E-state index >= 15 is 0 Å². The van der Waals surface area contributed by atoms with Gasteiger partial charge in [0.25, 0.3) is 0 Å². The van der Waals surface area contributed by atoms with Crippen molar-refractivity contribution in [2.45, 2.75) is 25.3 Å². The maximum Gasteiger partial charge on any atom is 0.338 e. The van der Waals surface area contributed by atoms with E-state index in [1.54, 1.807) is 11.6 Å². The van der Waals surface area contributed by atoms with Gasteiger partial charge in [-0.15, -0.1) is 11.3 Å². The maximum absolute atomic E-state index is 13.8. The topological polar surface area (TPSA) is 144 Å². The Morgan fingerprint density at radius 3 is 2.65 bits per heavy atom. The Hall–Kier alpha value is -2.87. The molecular weight excluding hydrogens is 545 g/mol. The summed E-state index contributed by atoms with van der Waals surface area (Å²) in [6.07, 6.45) is 2.16. The molecule has 0 radical (unpaired) electrons. The number of nitrogens with zero attached hydrogens (tertiary/aromatic N) is 3. The molecule has 4 rings (SSSR count). The summed E-state index contributed by atoms with van der Waals surface area (Å²) in [6.45, 7) is 0.383. The first kappa shape index (κ1) is 27.2. The monoisotopic (exact) mass is 569 g/mol. The molecule has 2 aliphatic rings. The molecule has 10 nitrogen and oxygen atoms in total. The van der Waals surface area contributed by atoms with Gasteiger partial charge in [-0.25, -0.2) is 26.9 Å². The number of amides is 1. The van der Waals surface area contributed by atoms with Gasteiger partial charge in [0, 0.05) is 53.3 Å². The number of sulfonamides is 1. The molecule has 37 heavy (non-hydrogen) atoms. The third-order valence-electron chi connectivity index (χ3n) is 6.23. The highest BCUT2D eigenvalue weighted by molar-refractivity contribution is 7.89. The number of methoxy groups -OCH3 is 1. The van der Waals surface area contributed by atoms with Crippen LogP contribution in [0.5, 0.6) is 0 Å². The SMILES string of the molecule is COC(=O)C1=C(C2CCN(S(=O)(=O)CCC(N)=O)CC2)NC(c2nccs2)=NC1c1ccc(F)cc1Cl. The lowest BCUT2D eigenvalue weighted by molar-refractivity contribution is -0.136. The number of hydrogen-bond acceptors (Lipinski definition) is 9. The van der Waals surface area contributed by atoms with Gasteiger partial charge < -0.3 is 15.8 Å². The second kappa shape index (κ2) is 11.3. The fourth-order valence-corrected chi connectivity index (χ4v) is 6.74. The minimum atomic E-state index is -3.66. The van der Waals surface area contributed by atoms with E-state index in [0.29, 0.717) is 34.9 Å². The van der Waals surface area contributed by atoms with Crippen LogP contribution in [-0.4, -0.2) is 61.4 Å². The van der Waals surface area contributed by atoms with Gasteiger partial charge in [0.05, 0.1) is 18.4 Å². The highest BCUT2D eigenvalue weighted by atomic mass is 35.5. The minimum absolute atomic E-state index is 0.102. The second-order valence-electron chi connectivity index (χ2n) is 8.53. The molecule has 0 aliphatic carbocycles. The molecule has 3 heterocycles. The van der Waals surface area contributed by atoms with Gasteiger partial charge in [0.2, 0.25) is 15.9 Å². The Morgan fingerprint density at radius 1 is 1.32 bits per heavy atom. The molecule has 1 aromatic heterocycles. The first-order valence-electron chi connectivity index (χ1n) is 11.4. The Bertz CT molecular complexity index is 1360. The van der Waals surface area contributed by atoms with Gasteiger partial charge in [-0.2, -0.15) is 0 Å². The van der Waals surface area contributed by atoms with Gasteiger partial charge in [-0.1, -0.05) is 17.7 Å². The van der Waals surface area contributed by atoms with E-state index in [-0.39, 0.29) is 41.8 Å². The molecule has 2 aliphatic heterocycles. The number of carbonyl (C=O) groups excluding carboxylic acids is 2. The fraction of sp³-hybridized carbons (Fsp3) is 0.391. The molecule has 0 saturated carbocycles. The number of aromatic nitrogens is 1. The number of ether oxygens (including phenoxy) is 1. The summed E-state index contributed by atoms with van der Waals surface area (Å²) in [4.78, 5) is 33.2. The summed E-state index contributed by atoms with van der Waals surface area (Å²) in [5.74, 6) is -2.03. The van der Waals surface area contributed by atoms with Gasteiger partial charge in [-0.3, -0.25) is 9.79 Å². The zero-order valence-corrected chi connectivity index (χ0v) is 22.2. The summed E-state index contributed by atoms with van der Waals surface area (Å²) < 4.78 is 45.5. The standard InChI is InChI=1S/C23H25ClFN5O5S2/c1-35-23(32)18-19(13-4-8-30(9-5-13)37(33,34)11-6-17(26)31)28-21(22-27-7-10-36-22)29-20(18)15-3-2-14(25)12-16(15)24/h2-3,7,10,12-13,20H,4-6,8-9,11H2,1H3,(H2,26,31)(H,28,29). The Kier molecular flexibility index (Phi) is 8.26. The van der Waals surface area contributed by atoms with E-state index in [1.807, 2.05) is 0 Å². The average Bonchev–Trinajstić information content (AvgIpc) is 3.42. The molecule has 198 valence electrons. The van der Waals surface area contributed by atoms with Crippen molar-refractivity contribution in [2.75, 3.05) is 26.0 Å². The fourth-order valence-electron chi connectivity index (χ4n) is 4.40. The normalized spacial score (nSPS) is 19.3. The number of nitrogens with two attached hydrogens (primary N) is 1. The molecule has 1 atom stereocenters. The van der Waals surface area contributed by atoms with Crippen molar-refractivity contribution in [2.24, 2.45) is 16.6 Å². The molecule has 1 saturated heterocycles. The Labute approximate surface area is 222 Å². The van der Waals surface area contributed by atoms with Crippen LogP contribution >= 0.6 is 22.9 Å². The number of thiazole rings is 1. The van der Waals surface area contributed by atoms with Crippen molar-refractivity contribution >= 4 is 50.7 Å². The van der Waals surface area contributed by atoms with Crippen LogP contribution in [0.25, 0.3) is 0 Å². The number of carbonyl (C=O) groups is 2. The number of hydrogen-bond donors (Lipinski definition) is 2. The molecule has 14 heteroatoms. The van der Waals surface area contributed by atoms with E-state index in [9.17, 15) is 22.4 Å². The van der Waals surface area contributed by atoms with Crippen LogP contribution in [0.15, 0.2) is 46.0 Å². The van der Waals surface area contributed by atoms with Gasteiger partial charge in [0.15, 0.2) is 10.8 Å². The third kappa shape index (κ3) is 6.00. The molecule has 2 aromatic rings. The van der Waals surface area contributed by atoms with Crippen molar-refractivity contribution in [1.82, 2.24) is 14.6 Å². The van der Waals surface area contributed by atoms with Crippen molar-refractivity contribution in [1.29, 1.82) is 0 Å². The van der Waals surface area contributed by atoms with Crippen LogP contribution in [0, 0.1) is 11.7 Å². The van der Waals surface area contributed by atoms with Gasteiger partial charge in [0.1, 0.15) is 11.9 Å². The average molecular weight is 570 g/mol. The molecule has 1 unspecified atom stereocenters. The molecule has 0 bridgehead atoms. The summed E-state index contributed by atoms with van der Waals surface area (Å²) in [6, 6.07) is 2.98. The number of halogens is 2. The van der Waals surface area contributed by atoms with Crippen LogP contribution in [0.4, 0.5) is 4.39 Å². The van der Waals surface area contributed by atoms with E-state index in [4.69, 9.17) is 27.1 Å². The van der Waals surface area contributed by atoms with E-state index < -0.39 is 33.8 Å². The number of rotatable bonds is 8. The number of primary amides is 1. The van der Waals surface area contributed by atoms with E-state index in [2.05, 4.69) is 10.3 Å². The van der Waals surface area contributed by atoms with Crippen LogP contribution in [-0.2, 0) is 24.3 Å². The summed E-state index contributed by atoms with van der Waals surface area (Å²) in [7, 11) is -2.40. The Balaban J connectivity index is 1.71. The molecule has 3 N–H and O–H groups in total. The molecular formula is C23H25ClFN5O5S2. The number of aliphatic imine (C=N–C) groups is 1. The quantitative estimate of drug-likeness (QED) is 0.464. The predicted molar refractivity (Wildman–Crippen MR) is 137 cm³/mol. The zero-order valence-electron chi connectivity index (χ0n) is 19.8. The molecule has 0 spiro atoms. The highest BCUT2D eigenvalue weighted by Crippen LogP contribution is 2.40. The first-order chi connectivity index (χ1) is 17.6. The van der Waals surface area contributed by atoms with Crippen LogP contribution in [0.3, 0.4) is 0 Å². The van der Waals surface area contributed by atoms with Gasteiger partial charge >= 0.3 is 5.97 Å². The second-order valence-corrected chi connectivity index (χ2v) is 11.9. The molecule has 1 amide bonds. The Morgan fingerprint density at radius 2 is 2.05 bits per heavy atom. The molecule has 1 fully saturated rings. The summed E-state index contributed by atoms with van der Waals surface area (Å²) >= 11 is 7.73. The number of esters is 1. The number of nitrogens with one attached hydrogen (secondary N) is 1. The van der Waals surface area contributed by atoms with Crippen molar-refractivity contribution in [3.8, 4) is 0 Å². The summed E-state index contributed by atoms with van der Waals surface area (Å²) in [5.41, 5.74) is 6.28. The number of allylic oxidation sites excluding steroid dienone is 1. The van der Waals surface area contributed by atoms with Gasteiger partial charge in [-0.05, 0) is 25.0 Å². The smallest absolute Gasteiger partial charge is 0.338 e. The highest BCUT2D eigenvalue weighted by Gasteiger charge is 2.38. The number of benzene rings is 1. The summed E-state index contributed by atoms with van der Waals surface area (Å²) in [5, 5.41) is 5.71. The largest absolute Gasteiger partial charge is 0.466 e. The van der Waals surface area contributed by atoms with Crippen molar-refractivity contribution < 1.29 is 27.1 Å². The lowest BCUT2D eigenvalue weighted by atomic mass is 9.86. The predicted octanol–water partition coefficient (Wildman–Crippen LogP) is 2.37. The number of amidine groups is 1. The van der Waals surface area contributed by atoms with Crippen LogP contribution in [0.1, 0.15) is 35.9 Å². The lowest BCUT2D eigenvalue weighted by Gasteiger charge is -2.36.